The maximum absolute atomic E-state index is 14.5. The zero-order valence-electron chi connectivity index (χ0n) is 29.9. The lowest BCUT2D eigenvalue weighted by molar-refractivity contribution is -0.122. The Bertz CT molecular complexity index is 2420. The minimum absolute atomic E-state index is 0.0449. The molecule has 17 heteroatoms. The molecule has 0 radical (unpaired) electrons. The van der Waals surface area contributed by atoms with Crippen LogP contribution in [0.4, 0.5) is 27.8 Å². The molecule has 1 aliphatic heterocycles. The number of aryl methyl sites for hydroxylation is 1. The van der Waals surface area contributed by atoms with Crippen molar-refractivity contribution in [1.29, 1.82) is 0 Å². The van der Waals surface area contributed by atoms with Gasteiger partial charge in [-0.3, -0.25) is 14.2 Å². The fourth-order valence-electron chi connectivity index (χ4n) is 6.82. The molecule has 0 saturated heterocycles. The summed E-state index contributed by atoms with van der Waals surface area (Å²) in [6, 6.07) is 7.97. The number of hydrogen-bond acceptors (Lipinski definition) is 7. The molecule has 55 heavy (non-hydrogen) atoms. The van der Waals surface area contributed by atoms with E-state index in [1.54, 1.807) is 25.2 Å². The number of ether oxygens (including phenoxy) is 1. The van der Waals surface area contributed by atoms with Gasteiger partial charge in [-0.2, -0.15) is 18.3 Å². The van der Waals surface area contributed by atoms with Crippen LogP contribution in [-0.2, 0) is 33.0 Å². The van der Waals surface area contributed by atoms with Gasteiger partial charge < -0.3 is 15.2 Å². The number of alkyl halides is 3. The molecular formula is C38H35ClF5N5O5S. The summed E-state index contributed by atoms with van der Waals surface area (Å²) >= 11 is 6.59. The molecule has 0 spiro atoms. The zero-order valence-corrected chi connectivity index (χ0v) is 31.5. The minimum atomic E-state index is -4.64. The number of hydrogen-bond donors (Lipinski definition) is 3. The summed E-state index contributed by atoms with van der Waals surface area (Å²) in [6.07, 6.45) is -3.26. The summed E-state index contributed by atoms with van der Waals surface area (Å²) in [6.45, 7) is 2.97. The van der Waals surface area contributed by atoms with Gasteiger partial charge in [0.1, 0.15) is 22.9 Å². The number of nitrogens with zero attached hydrogens (tertiary/aromatic N) is 3. The standard InChI is InChI=1S/C38H35ClF5N5O5S/c1-37(2,51)11-9-24-5-6-26(27-7-8-30(39)33-35(27)49(3)47-36(33)48-55(4,52)53)34(45-24)31(15-20-13-22(40)18-23(41)14-20)46-32(50)17-21-16-29(38(42,43)44)25-10-12-54-19-28(21)25/h5-8,13-14,16,18,21,31,51H,10,12,15,17,19H2,1-4H3,(H,46,50)(H,47,48)/t21?,31-/m0/s1. The number of amides is 1. The smallest absolute Gasteiger partial charge is 0.378 e. The topological polar surface area (TPSA) is 135 Å². The number of sulfonamides is 1. The Morgan fingerprint density at radius 3 is 2.47 bits per heavy atom. The number of carbonyl (C=O) groups is 1. The molecule has 2 aromatic carbocycles. The van der Waals surface area contributed by atoms with E-state index in [-0.39, 0.29) is 64.8 Å². The Morgan fingerprint density at radius 2 is 1.82 bits per heavy atom. The lowest BCUT2D eigenvalue weighted by atomic mass is 9.92. The van der Waals surface area contributed by atoms with Crippen LogP contribution in [0.3, 0.4) is 0 Å². The largest absolute Gasteiger partial charge is 0.416 e. The Balaban J connectivity index is 1.51. The first-order chi connectivity index (χ1) is 25.7. The van der Waals surface area contributed by atoms with Crippen LogP contribution >= 0.6 is 11.6 Å². The highest BCUT2D eigenvalue weighted by Crippen LogP contribution is 2.45. The molecule has 0 fully saturated rings. The summed E-state index contributed by atoms with van der Waals surface area (Å²) in [4.78, 5) is 18.7. The SMILES string of the molecule is Cn1nc(NS(C)(=O)=O)c2c(Cl)ccc(-c3ccc(C#CC(C)(C)O)nc3[C@H](Cc3cc(F)cc(F)c3)NC(=O)CC3C=C(C(F)(F)F)C4=C3COCC4)c21. The molecule has 2 aromatic heterocycles. The van der Waals surface area contributed by atoms with E-state index in [2.05, 4.69) is 27.0 Å². The number of pyridine rings is 1. The molecule has 290 valence electrons. The van der Waals surface area contributed by atoms with Crippen molar-refractivity contribution >= 4 is 44.3 Å². The highest BCUT2D eigenvalue weighted by Gasteiger charge is 2.43. The quantitative estimate of drug-likeness (QED) is 0.127. The van der Waals surface area contributed by atoms with Gasteiger partial charge in [-0.1, -0.05) is 29.7 Å². The van der Waals surface area contributed by atoms with Crippen LogP contribution in [0.15, 0.2) is 65.3 Å². The van der Waals surface area contributed by atoms with Gasteiger partial charge in [0.25, 0.3) is 0 Å². The summed E-state index contributed by atoms with van der Waals surface area (Å²) in [5, 5.41) is 17.9. The van der Waals surface area contributed by atoms with Crippen molar-refractivity contribution in [3.63, 3.8) is 0 Å². The van der Waals surface area contributed by atoms with E-state index < -0.39 is 63.3 Å². The Hall–Kier alpha value is -4.82. The molecule has 1 aliphatic carbocycles. The second-order valence-electron chi connectivity index (χ2n) is 13.9. The number of allylic oxidation sites excluding steroid dienone is 2. The molecule has 2 atom stereocenters. The molecular weight excluding hydrogens is 769 g/mol. The van der Waals surface area contributed by atoms with Crippen molar-refractivity contribution in [2.75, 3.05) is 24.2 Å². The number of anilines is 1. The number of benzene rings is 2. The third-order valence-electron chi connectivity index (χ3n) is 8.95. The molecule has 3 heterocycles. The van der Waals surface area contributed by atoms with E-state index in [0.29, 0.717) is 28.3 Å². The Morgan fingerprint density at radius 1 is 1.13 bits per heavy atom. The van der Waals surface area contributed by atoms with Crippen LogP contribution in [0.5, 0.6) is 0 Å². The van der Waals surface area contributed by atoms with Crippen LogP contribution in [0, 0.1) is 29.4 Å². The van der Waals surface area contributed by atoms with E-state index in [1.165, 1.54) is 24.6 Å². The zero-order chi connectivity index (χ0) is 40.0. The number of nitrogens with one attached hydrogen (secondary N) is 2. The van der Waals surface area contributed by atoms with E-state index in [9.17, 15) is 40.3 Å². The third kappa shape index (κ3) is 9.18. The summed E-state index contributed by atoms with van der Waals surface area (Å²) < 4.78 is 105. The second kappa shape index (κ2) is 15.0. The van der Waals surface area contributed by atoms with Gasteiger partial charge >= 0.3 is 6.18 Å². The van der Waals surface area contributed by atoms with E-state index in [0.717, 1.165) is 24.5 Å². The van der Waals surface area contributed by atoms with Gasteiger partial charge in [-0.05, 0) is 79.7 Å². The van der Waals surface area contributed by atoms with Crippen molar-refractivity contribution in [3.8, 4) is 23.0 Å². The number of aromatic nitrogens is 3. The molecule has 2 aliphatic rings. The first kappa shape index (κ1) is 39.9. The predicted octanol–water partition coefficient (Wildman–Crippen LogP) is 6.69. The summed E-state index contributed by atoms with van der Waals surface area (Å²) in [5.74, 6) is 2.03. The van der Waals surface area contributed by atoms with Crippen molar-refractivity contribution in [2.24, 2.45) is 13.0 Å². The highest BCUT2D eigenvalue weighted by atomic mass is 35.5. The van der Waals surface area contributed by atoms with Crippen LogP contribution in [-0.4, -0.2) is 65.4 Å². The first-order valence-corrected chi connectivity index (χ1v) is 19.2. The van der Waals surface area contributed by atoms with Crippen molar-refractivity contribution in [1.82, 2.24) is 20.1 Å². The number of fused-ring (bicyclic) bond motifs is 1. The molecule has 1 unspecified atom stereocenters. The summed E-state index contributed by atoms with van der Waals surface area (Å²) in [7, 11) is -2.24. The average molecular weight is 804 g/mol. The van der Waals surface area contributed by atoms with Gasteiger partial charge in [0, 0.05) is 36.6 Å². The van der Waals surface area contributed by atoms with E-state index >= 15 is 0 Å². The van der Waals surface area contributed by atoms with Gasteiger partial charge in [-0.15, -0.1) is 0 Å². The van der Waals surface area contributed by atoms with Gasteiger partial charge in [0.2, 0.25) is 15.9 Å². The number of carbonyl (C=O) groups excluding carboxylic acids is 1. The molecule has 10 nitrogen and oxygen atoms in total. The second-order valence-corrected chi connectivity index (χ2v) is 16.1. The minimum Gasteiger partial charge on any atom is -0.378 e. The maximum Gasteiger partial charge on any atom is 0.416 e. The molecule has 4 aromatic rings. The van der Waals surface area contributed by atoms with Gasteiger partial charge in [0.05, 0.1) is 52.7 Å². The normalized spacial score (nSPS) is 16.7. The maximum atomic E-state index is 14.5. The predicted molar refractivity (Wildman–Crippen MR) is 196 cm³/mol. The number of halogens is 6. The molecule has 6 rings (SSSR count). The van der Waals surface area contributed by atoms with Crippen LogP contribution in [0.1, 0.15) is 49.7 Å². The van der Waals surface area contributed by atoms with Gasteiger partial charge in [0.15, 0.2) is 5.82 Å². The molecule has 0 saturated carbocycles. The molecule has 0 bridgehead atoms. The van der Waals surface area contributed by atoms with Crippen LogP contribution in [0.2, 0.25) is 5.02 Å². The number of rotatable bonds is 9. The Kier molecular flexibility index (Phi) is 10.9. The van der Waals surface area contributed by atoms with E-state index in [4.69, 9.17) is 21.3 Å². The third-order valence-corrected chi connectivity index (χ3v) is 9.83. The fraction of sp³-hybridized carbons (Fsp3) is 0.342. The monoisotopic (exact) mass is 803 g/mol. The molecule has 3 N–H and O–H groups in total. The highest BCUT2D eigenvalue weighted by molar-refractivity contribution is 7.92. The van der Waals surface area contributed by atoms with E-state index in [1.807, 2.05) is 0 Å². The van der Waals surface area contributed by atoms with Crippen molar-refractivity contribution in [3.05, 3.63) is 98.9 Å². The average Bonchev–Trinajstić information content (AvgIpc) is 3.60. The molecule has 1 amide bonds. The van der Waals surface area contributed by atoms with Crippen molar-refractivity contribution < 1.29 is 45.0 Å². The Labute approximate surface area is 318 Å². The lowest BCUT2D eigenvalue weighted by Crippen LogP contribution is -2.32. The fourth-order valence-corrected chi connectivity index (χ4v) is 7.56. The first-order valence-electron chi connectivity index (χ1n) is 16.9. The number of aliphatic hydroxyl groups is 1. The summed E-state index contributed by atoms with van der Waals surface area (Å²) in [5.41, 5.74) is -0.257. The van der Waals surface area contributed by atoms with Crippen LogP contribution in [0.25, 0.3) is 22.0 Å². The van der Waals surface area contributed by atoms with Gasteiger partial charge in [-0.25, -0.2) is 22.2 Å². The van der Waals surface area contributed by atoms with Crippen molar-refractivity contribution in [2.45, 2.75) is 50.9 Å². The lowest BCUT2D eigenvalue weighted by Gasteiger charge is -2.24. The van der Waals surface area contributed by atoms with Crippen LogP contribution < -0.4 is 10.0 Å².